The largest absolute Gasteiger partial charge is 0.465 e. The van der Waals surface area contributed by atoms with Crippen molar-refractivity contribution < 1.29 is 14.3 Å². The number of piperidine rings is 1. The fraction of sp³-hybridized carbons (Fsp3) is 0.400. The van der Waals surface area contributed by atoms with Gasteiger partial charge in [0.25, 0.3) is 5.91 Å². The first-order valence-corrected chi connectivity index (χ1v) is 9.06. The van der Waals surface area contributed by atoms with Crippen LogP contribution < -0.4 is 10.2 Å². The number of nitrogens with one attached hydrogen (secondary N) is 1. The molecule has 1 fully saturated rings. The van der Waals surface area contributed by atoms with Gasteiger partial charge in [-0.15, -0.1) is 0 Å². The van der Waals surface area contributed by atoms with Crippen molar-refractivity contribution in [1.82, 2.24) is 9.97 Å². The van der Waals surface area contributed by atoms with Crippen molar-refractivity contribution in [1.29, 1.82) is 0 Å². The predicted molar refractivity (Wildman–Crippen MR) is 103 cm³/mol. The molecule has 7 heteroatoms. The molecule has 1 aliphatic rings. The van der Waals surface area contributed by atoms with Crippen LogP contribution in [0.1, 0.15) is 46.3 Å². The summed E-state index contributed by atoms with van der Waals surface area (Å²) >= 11 is 0. The molecular formula is C20H24N4O3. The molecule has 0 atom stereocenters. The van der Waals surface area contributed by atoms with Crippen LogP contribution in [0.4, 0.5) is 11.6 Å². The normalized spacial score (nSPS) is 14.7. The van der Waals surface area contributed by atoms with Crippen LogP contribution >= 0.6 is 0 Å². The fourth-order valence-electron chi connectivity index (χ4n) is 3.06. The number of methoxy groups -OCH3 is 1. The van der Waals surface area contributed by atoms with Gasteiger partial charge in [0, 0.05) is 24.5 Å². The Balaban J connectivity index is 1.78. The quantitative estimate of drug-likeness (QED) is 0.835. The van der Waals surface area contributed by atoms with Gasteiger partial charge in [-0.2, -0.15) is 0 Å². The van der Waals surface area contributed by atoms with E-state index in [9.17, 15) is 9.59 Å². The maximum atomic E-state index is 12.7. The van der Waals surface area contributed by atoms with Gasteiger partial charge in [-0.3, -0.25) is 4.79 Å². The number of hydrogen-bond donors (Lipinski definition) is 1. The van der Waals surface area contributed by atoms with Crippen molar-refractivity contribution in [2.45, 2.75) is 26.7 Å². The second kappa shape index (κ2) is 8.16. The number of hydrogen-bond acceptors (Lipinski definition) is 6. The minimum atomic E-state index is -0.453. The lowest BCUT2D eigenvalue weighted by Gasteiger charge is -2.30. The maximum absolute atomic E-state index is 12.7. The molecule has 0 aliphatic carbocycles. The number of nitrogens with zero attached hydrogens (tertiary/aromatic N) is 3. The molecule has 0 spiro atoms. The van der Waals surface area contributed by atoms with E-state index in [4.69, 9.17) is 4.74 Å². The molecule has 27 heavy (non-hydrogen) atoms. The van der Waals surface area contributed by atoms with Crippen LogP contribution in [0.25, 0.3) is 0 Å². The van der Waals surface area contributed by atoms with Crippen LogP contribution in [0.15, 0.2) is 30.3 Å². The molecule has 7 nitrogen and oxygen atoms in total. The number of ether oxygens (including phenoxy) is 1. The fourth-order valence-corrected chi connectivity index (χ4v) is 3.06. The van der Waals surface area contributed by atoms with Crippen molar-refractivity contribution in [2.75, 3.05) is 30.4 Å². The highest BCUT2D eigenvalue weighted by molar-refractivity contribution is 6.03. The van der Waals surface area contributed by atoms with Crippen molar-refractivity contribution in [3.05, 3.63) is 47.3 Å². The summed E-state index contributed by atoms with van der Waals surface area (Å²) in [6.07, 6.45) is 2.19. The van der Waals surface area contributed by atoms with E-state index in [1.54, 1.807) is 30.3 Å². The first kappa shape index (κ1) is 18.8. The van der Waals surface area contributed by atoms with Gasteiger partial charge in [-0.1, -0.05) is 13.0 Å². The maximum Gasteiger partial charge on any atom is 0.337 e. The monoisotopic (exact) mass is 368 g/mol. The molecular weight excluding hydrogens is 344 g/mol. The van der Waals surface area contributed by atoms with Gasteiger partial charge in [0.1, 0.15) is 5.69 Å². The van der Waals surface area contributed by atoms with Gasteiger partial charge in [-0.25, -0.2) is 14.8 Å². The second-order valence-corrected chi connectivity index (χ2v) is 6.89. The SMILES string of the molecule is COC(=O)c1cccc(NC(=O)c2cc(C)nc(N3CCC(C)CC3)n2)c1. The minimum absolute atomic E-state index is 0.305. The van der Waals surface area contributed by atoms with Crippen LogP contribution in [-0.2, 0) is 4.74 Å². The average molecular weight is 368 g/mol. The number of amides is 1. The van der Waals surface area contributed by atoms with Gasteiger partial charge in [0.15, 0.2) is 0 Å². The molecule has 0 unspecified atom stereocenters. The summed E-state index contributed by atoms with van der Waals surface area (Å²) in [7, 11) is 1.32. The lowest BCUT2D eigenvalue weighted by molar-refractivity contribution is 0.0600. The molecule has 1 saturated heterocycles. The van der Waals surface area contributed by atoms with E-state index in [1.165, 1.54) is 7.11 Å². The number of aryl methyl sites for hydroxylation is 1. The van der Waals surface area contributed by atoms with E-state index in [2.05, 4.69) is 27.1 Å². The van der Waals surface area contributed by atoms with E-state index >= 15 is 0 Å². The predicted octanol–water partition coefficient (Wildman–Crippen LogP) is 3.06. The number of rotatable bonds is 4. The number of esters is 1. The van der Waals surface area contributed by atoms with Crippen LogP contribution in [0.2, 0.25) is 0 Å². The molecule has 1 aliphatic heterocycles. The summed E-state index contributed by atoms with van der Waals surface area (Å²) in [5.41, 5.74) is 1.93. The zero-order chi connectivity index (χ0) is 19.4. The molecule has 0 radical (unpaired) electrons. The molecule has 1 N–H and O–H groups in total. The summed E-state index contributed by atoms with van der Waals surface area (Å²) < 4.78 is 4.71. The van der Waals surface area contributed by atoms with Gasteiger partial charge in [-0.05, 0) is 49.9 Å². The number of anilines is 2. The topological polar surface area (TPSA) is 84.4 Å². The Morgan fingerprint density at radius 2 is 1.93 bits per heavy atom. The number of carbonyl (C=O) groups is 2. The average Bonchev–Trinajstić information content (AvgIpc) is 2.67. The number of benzene rings is 1. The van der Waals surface area contributed by atoms with Crippen LogP contribution in [-0.4, -0.2) is 42.0 Å². The summed E-state index contributed by atoms with van der Waals surface area (Å²) in [6.45, 7) is 5.89. The first-order chi connectivity index (χ1) is 13.0. The van der Waals surface area contributed by atoms with Crippen LogP contribution in [0.3, 0.4) is 0 Å². The Bertz CT molecular complexity index is 845. The summed E-state index contributed by atoms with van der Waals surface area (Å²) in [5, 5.41) is 2.79. The summed E-state index contributed by atoms with van der Waals surface area (Å²) in [4.78, 5) is 35.4. The van der Waals surface area contributed by atoms with E-state index in [0.29, 0.717) is 28.8 Å². The summed E-state index contributed by atoms with van der Waals surface area (Å²) in [6, 6.07) is 8.27. The highest BCUT2D eigenvalue weighted by Crippen LogP contribution is 2.21. The van der Waals surface area contributed by atoms with Gasteiger partial charge < -0.3 is 15.0 Å². The Labute approximate surface area is 158 Å². The minimum Gasteiger partial charge on any atom is -0.465 e. The number of aromatic nitrogens is 2. The van der Waals surface area contributed by atoms with E-state index in [-0.39, 0.29) is 5.91 Å². The smallest absolute Gasteiger partial charge is 0.337 e. The van der Waals surface area contributed by atoms with Crippen molar-refractivity contribution in [3.63, 3.8) is 0 Å². The zero-order valence-electron chi connectivity index (χ0n) is 15.9. The van der Waals surface area contributed by atoms with Crippen LogP contribution in [0.5, 0.6) is 0 Å². The third-order valence-corrected chi connectivity index (χ3v) is 4.68. The highest BCUT2D eigenvalue weighted by atomic mass is 16.5. The molecule has 1 aromatic heterocycles. The lowest BCUT2D eigenvalue weighted by atomic mass is 10.00. The van der Waals surface area contributed by atoms with Crippen molar-refractivity contribution in [3.8, 4) is 0 Å². The molecule has 142 valence electrons. The van der Waals surface area contributed by atoms with Gasteiger partial charge in [0.2, 0.25) is 5.95 Å². The standard InChI is InChI=1S/C20H24N4O3/c1-13-7-9-24(10-8-13)20-21-14(2)11-17(23-20)18(25)22-16-6-4-5-15(12-16)19(26)27-3/h4-6,11-13H,7-10H2,1-3H3,(H,22,25). The molecule has 0 bridgehead atoms. The third kappa shape index (κ3) is 4.61. The van der Waals surface area contributed by atoms with E-state index in [0.717, 1.165) is 31.6 Å². The molecule has 2 heterocycles. The first-order valence-electron chi connectivity index (χ1n) is 9.06. The molecule has 1 amide bonds. The lowest BCUT2D eigenvalue weighted by Crippen LogP contribution is -2.34. The second-order valence-electron chi connectivity index (χ2n) is 6.89. The van der Waals surface area contributed by atoms with Crippen molar-refractivity contribution in [2.24, 2.45) is 5.92 Å². The third-order valence-electron chi connectivity index (χ3n) is 4.68. The molecule has 0 saturated carbocycles. The van der Waals surface area contributed by atoms with Crippen LogP contribution in [0, 0.1) is 12.8 Å². The molecule has 3 rings (SSSR count). The Morgan fingerprint density at radius 1 is 1.19 bits per heavy atom. The number of carbonyl (C=O) groups excluding carboxylic acids is 2. The Hall–Kier alpha value is -2.96. The van der Waals surface area contributed by atoms with Gasteiger partial charge >= 0.3 is 5.97 Å². The molecule has 2 aromatic rings. The Morgan fingerprint density at radius 3 is 2.63 bits per heavy atom. The zero-order valence-corrected chi connectivity index (χ0v) is 15.9. The van der Waals surface area contributed by atoms with E-state index in [1.807, 2.05) is 6.92 Å². The van der Waals surface area contributed by atoms with E-state index < -0.39 is 5.97 Å². The Kier molecular flexibility index (Phi) is 5.69. The van der Waals surface area contributed by atoms with Crippen molar-refractivity contribution >= 4 is 23.5 Å². The molecule has 1 aromatic carbocycles. The summed E-state index contributed by atoms with van der Waals surface area (Å²) in [5.74, 6) is 0.506. The highest BCUT2D eigenvalue weighted by Gasteiger charge is 2.20. The van der Waals surface area contributed by atoms with Gasteiger partial charge in [0.05, 0.1) is 12.7 Å².